The van der Waals surface area contributed by atoms with Crippen LogP contribution in [0.5, 0.6) is 5.75 Å². The first-order valence-electron chi connectivity index (χ1n) is 7.11. The van der Waals surface area contributed by atoms with E-state index < -0.39 is 0 Å². The van der Waals surface area contributed by atoms with Crippen LogP contribution in [0.2, 0.25) is 0 Å². The molecule has 1 aromatic carbocycles. The summed E-state index contributed by atoms with van der Waals surface area (Å²) in [6, 6.07) is 7.92. The van der Waals surface area contributed by atoms with E-state index >= 15 is 0 Å². The summed E-state index contributed by atoms with van der Waals surface area (Å²) < 4.78 is 5.23. The Morgan fingerprint density at radius 1 is 1.33 bits per heavy atom. The number of carbonyl (C=O) groups is 1. The Kier molecular flexibility index (Phi) is 5.75. The van der Waals surface area contributed by atoms with Gasteiger partial charge in [-0.25, -0.2) is 0 Å². The third-order valence-electron chi connectivity index (χ3n) is 3.48. The van der Waals surface area contributed by atoms with Crippen LogP contribution in [-0.4, -0.2) is 24.2 Å². The molecule has 1 aromatic rings. The number of nitrogens with one attached hydrogen (secondary N) is 2. The fourth-order valence-corrected chi connectivity index (χ4v) is 2.68. The highest BCUT2D eigenvalue weighted by Gasteiger charge is 2.15. The van der Waals surface area contributed by atoms with Crippen LogP contribution < -0.4 is 15.4 Å². The third-order valence-corrected chi connectivity index (χ3v) is 3.70. The minimum absolute atomic E-state index is 0.239. The maximum atomic E-state index is 11.8. The molecule has 0 heterocycles. The average Bonchev–Trinajstić information content (AvgIpc) is 2.98. The van der Waals surface area contributed by atoms with E-state index in [1.54, 1.807) is 13.2 Å². The fourth-order valence-electron chi connectivity index (χ4n) is 2.41. The molecular formula is C16H20N2O2S. The molecule has 2 N–H and O–H groups in total. The van der Waals surface area contributed by atoms with Crippen LogP contribution in [-0.2, 0) is 4.79 Å². The van der Waals surface area contributed by atoms with Crippen LogP contribution in [0.4, 0.5) is 0 Å². The number of para-hydroxylation sites is 1. The Hall–Kier alpha value is -1.88. The standard InChI is InChI=1S/C16H20N2O2S/c1-20-14-9-5-2-6-12(14)10-11-15(19)18-16(21)17-13-7-3-4-8-13/h2,5-6,9-11,13H,3-4,7-8H2,1H3,(H2,17,18,19,21)/b11-10+. The highest BCUT2D eigenvalue weighted by molar-refractivity contribution is 7.80. The summed E-state index contributed by atoms with van der Waals surface area (Å²) in [4.78, 5) is 11.8. The molecule has 2 rings (SSSR count). The van der Waals surface area contributed by atoms with Gasteiger partial charge < -0.3 is 10.1 Å². The second kappa shape index (κ2) is 7.78. The van der Waals surface area contributed by atoms with Crippen molar-refractivity contribution in [1.29, 1.82) is 0 Å². The summed E-state index contributed by atoms with van der Waals surface area (Å²) >= 11 is 5.14. The number of thiocarbonyl (C=S) groups is 1. The van der Waals surface area contributed by atoms with Crippen molar-refractivity contribution in [2.75, 3.05) is 7.11 Å². The highest BCUT2D eigenvalue weighted by Crippen LogP contribution is 2.18. The predicted octanol–water partition coefficient (Wildman–Crippen LogP) is 2.64. The summed E-state index contributed by atoms with van der Waals surface area (Å²) in [6.45, 7) is 0. The van der Waals surface area contributed by atoms with E-state index in [0.717, 1.165) is 24.2 Å². The minimum Gasteiger partial charge on any atom is -0.496 e. The molecule has 1 saturated carbocycles. The molecule has 5 heteroatoms. The lowest BCUT2D eigenvalue weighted by molar-refractivity contribution is -0.115. The van der Waals surface area contributed by atoms with Crippen molar-refractivity contribution in [2.24, 2.45) is 0 Å². The van der Waals surface area contributed by atoms with E-state index in [9.17, 15) is 4.79 Å². The largest absolute Gasteiger partial charge is 0.496 e. The molecule has 1 aliphatic carbocycles. The highest BCUT2D eigenvalue weighted by atomic mass is 32.1. The number of methoxy groups -OCH3 is 1. The van der Waals surface area contributed by atoms with E-state index in [1.165, 1.54) is 18.9 Å². The van der Waals surface area contributed by atoms with E-state index in [2.05, 4.69) is 10.6 Å². The first kappa shape index (κ1) is 15.5. The van der Waals surface area contributed by atoms with Gasteiger partial charge in [0.1, 0.15) is 5.75 Å². The molecule has 0 aromatic heterocycles. The summed E-state index contributed by atoms with van der Waals surface area (Å²) in [5.41, 5.74) is 0.852. The Morgan fingerprint density at radius 3 is 2.76 bits per heavy atom. The topological polar surface area (TPSA) is 50.4 Å². The molecule has 0 atom stereocenters. The number of ether oxygens (including phenoxy) is 1. The van der Waals surface area contributed by atoms with E-state index in [0.29, 0.717) is 11.2 Å². The third kappa shape index (κ3) is 4.86. The molecule has 1 fully saturated rings. The molecule has 0 bridgehead atoms. The Balaban J connectivity index is 1.85. The van der Waals surface area contributed by atoms with Gasteiger partial charge in [-0.1, -0.05) is 31.0 Å². The molecule has 0 saturated heterocycles. The first-order chi connectivity index (χ1) is 10.2. The van der Waals surface area contributed by atoms with E-state index in [-0.39, 0.29) is 5.91 Å². The van der Waals surface area contributed by atoms with Crippen molar-refractivity contribution in [3.63, 3.8) is 0 Å². The van der Waals surface area contributed by atoms with Gasteiger partial charge in [0.25, 0.3) is 0 Å². The number of amides is 1. The van der Waals surface area contributed by atoms with E-state index in [1.807, 2.05) is 24.3 Å². The average molecular weight is 304 g/mol. The second-order valence-corrected chi connectivity index (χ2v) is 5.43. The summed E-state index contributed by atoms with van der Waals surface area (Å²) in [7, 11) is 1.60. The lowest BCUT2D eigenvalue weighted by Crippen LogP contribution is -2.42. The first-order valence-corrected chi connectivity index (χ1v) is 7.52. The number of hydrogen-bond acceptors (Lipinski definition) is 3. The SMILES string of the molecule is COc1ccccc1/C=C/C(=O)NC(=S)NC1CCCC1. The number of carbonyl (C=O) groups excluding carboxylic acids is 1. The maximum absolute atomic E-state index is 11.8. The lowest BCUT2D eigenvalue weighted by Gasteiger charge is -2.14. The van der Waals surface area contributed by atoms with Crippen LogP contribution >= 0.6 is 12.2 Å². The van der Waals surface area contributed by atoms with Crippen molar-refractivity contribution < 1.29 is 9.53 Å². The normalized spacial score (nSPS) is 15.1. The van der Waals surface area contributed by atoms with Crippen LogP contribution in [0.3, 0.4) is 0 Å². The molecule has 1 aliphatic rings. The Morgan fingerprint density at radius 2 is 2.05 bits per heavy atom. The van der Waals surface area contributed by atoms with Gasteiger partial charge in [0.2, 0.25) is 5.91 Å². The van der Waals surface area contributed by atoms with Crippen LogP contribution in [0.1, 0.15) is 31.2 Å². The van der Waals surface area contributed by atoms with Gasteiger partial charge in [-0.15, -0.1) is 0 Å². The van der Waals surface area contributed by atoms with Gasteiger partial charge in [0.05, 0.1) is 7.11 Å². The van der Waals surface area contributed by atoms with Gasteiger partial charge in [0.15, 0.2) is 5.11 Å². The molecule has 0 spiro atoms. The summed E-state index contributed by atoms with van der Waals surface area (Å²) in [5.74, 6) is 0.490. The van der Waals surface area contributed by atoms with Crippen molar-refractivity contribution >= 4 is 29.3 Å². The zero-order valence-corrected chi connectivity index (χ0v) is 12.9. The zero-order chi connectivity index (χ0) is 15.1. The minimum atomic E-state index is -0.239. The van der Waals surface area contributed by atoms with E-state index in [4.69, 9.17) is 17.0 Å². The van der Waals surface area contributed by atoms with Gasteiger partial charge in [-0.2, -0.15) is 0 Å². The smallest absolute Gasteiger partial charge is 0.250 e. The molecular weight excluding hydrogens is 284 g/mol. The van der Waals surface area contributed by atoms with Crippen LogP contribution in [0.15, 0.2) is 30.3 Å². The zero-order valence-electron chi connectivity index (χ0n) is 12.1. The molecule has 112 valence electrons. The molecule has 1 amide bonds. The molecule has 0 unspecified atom stereocenters. The van der Waals surface area contributed by atoms with Crippen molar-refractivity contribution in [3.8, 4) is 5.75 Å². The maximum Gasteiger partial charge on any atom is 0.250 e. The van der Waals surface area contributed by atoms with Gasteiger partial charge in [-0.3, -0.25) is 10.1 Å². The second-order valence-electron chi connectivity index (χ2n) is 5.02. The Labute approximate surface area is 130 Å². The Bertz CT molecular complexity index is 537. The van der Waals surface area contributed by atoms with Crippen LogP contribution in [0.25, 0.3) is 6.08 Å². The van der Waals surface area contributed by atoms with Crippen LogP contribution in [0, 0.1) is 0 Å². The quantitative estimate of drug-likeness (QED) is 0.663. The molecule has 0 radical (unpaired) electrons. The summed E-state index contributed by atoms with van der Waals surface area (Å²) in [6.07, 6.45) is 7.86. The van der Waals surface area contributed by atoms with Crippen molar-refractivity contribution in [1.82, 2.24) is 10.6 Å². The number of benzene rings is 1. The van der Waals surface area contributed by atoms with Gasteiger partial charge >= 0.3 is 0 Å². The van der Waals surface area contributed by atoms with Crippen molar-refractivity contribution in [3.05, 3.63) is 35.9 Å². The lowest BCUT2D eigenvalue weighted by atomic mass is 10.2. The number of rotatable bonds is 4. The predicted molar refractivity (Wildman–Crippen MR) is 88.2 cm³/mol. The monoisotopic (exact) mass is 304 g/mol. The van der Waals surface area contributed by atoms with Crippen molar-refractivity contribution in [2.45, 2.75) is 31.7 Å². The summed E-state index contributed by atoms with van der Waals surface area (Å²) in [5, 5.41) is 6.24. The molecule has 4 nitrogen and oxygen atoms in total. The fraction of sp³-hybridized carbons (Fsp3) is 0.375. The van der Waals surface area contributed by atoms with Gasteiger partial charge in [0, 0.05) is 17.7 Å². The molecule has 21 heavy (non-hydrogen) atoms. The number of hydrogen-bond donors (Lipinski definition) is 2. The van der Waals surface area contributed by atoms with Gasteiger partial charge in [-0.05, 0) is 37.2 Å². The molecule has 0 aliphatic heterocycles.